The summed E-state index contributed by atoms with van der Waals surface area (Å²) in [5, 5.41) is 2.16. The van der Waals surface area contributed by atoms with Crippen molar-refractivity contribution in [2.45, 2.75) is 11.7 Å². The SMILES string of the molecule is O=C(c1ccc(Cl)cc1Cl)[C@@H]1O[C@]1(CBr)c1ccc(Cl)cc1Cl. The van der Waals surface area contributed by atoms with Gasteiger partial charge >= 0.3 is 0 Å². The minimum atomic E-state index is -0.818. The highest BCUT2D eigenvalue weighted by Gasteiger charge is 2.62. The first-order chi connectivity index (χ1) is 10.9. The Balaban J connectivity index is 1.95. The molecule has 0 radical (unpaired) electrons. The molecule has 1 aliphatic rings. The summed E-state index contributed by atoms with van der Waals surface area (Å²) in [6.07, 6.45) is -0.667. The second-order valence-corrected chi connectivity index (χ2v) is 7.38. The Morgan fingerprint density at radius 3 is 2.22 bits per heavy atom. The van der Waals surface area contributed by atoms with E-state index < -0.39 is 11.7 Å². The largest absolute Gasteiger partial charge is 0.351 e. The third kappa shape index (κ3) is 3.15. The lowest BCUT2D eigenvalue weighted by molar-refractivity contribution is 0.0954. The molecule has 2 atom stereocenters. The van der Waals surface area contributed by atoms with Crippen LogP contribution in [0.1, 0.15) is 15.9 Å². The number of ketones is 1. The molecule has 0 aromatic heterocycles. The van der Waals surface area contributed by atoms with Crippen LogP contribution >= 0.6 is 62.3 Å². The molecule has 0 amide bonds. The molecule has 0 aliphatic carbocycles. The van der Waals surface area contributed by atoms with Crippen LogP contribution in [-0.2, 0) is 10.3 Å². The van der Waals surface area contributed by atoms with Crippen LogP contribution in [0.4, 0.5) is 0 Å². The zero-order chi connectivity index (χ0) is 16.8. The van der Waals surface area contributed by atoms with Crippen LogP contribution in [-0.4, -0.2) is 17.2 Å². The Morgan fingerprint density at radius 1 is 1.04 bits per heavy atom. The van der Waals surface area contributed by atoms with E-state index in [0.29, 0.717) is 36.5 Å². The van der Waals surface area contributed by atoms with E-state index in [1.165, 1.54) is 6.07 Å². The van der Waals surface area contributed by atoms with Gasteiger partial charge in [-0.15, -0.1) is 0 Å². The van der Waals surface area contributed by atoms with E-state index in [9.17, 15) is 4.79 Å². The molecule has 3 rings (SSSR count). The molecule has 7 heteroatoms. The average molecular weight is 455 g/mol. The number of carbonyl (C=O) groups is 1. The van der Waals surface area contributed by atoms with Crippen LogP contribution in [0.5, 0.6) is 0 Å². The highest BCUT2D eigenvalue weighted by Crippen LogP contribution is 2.51. The number of rotatable bonds is 4. The number of carbonyl (C=O) groups excluding carboxylic acids is 1. The van der Waals surface area contributed by atoms with Crippen LogP contribution in [0, 0.1) is 0 Å². The smallest absolute Gasteiger partial charge is 0.196 e. The van der Waals surface area contributed by atoms with Gasteiger partial charge in [-0.3, -0.25) is 4.79 Å². The van der Waals surface area contributed by atoms with Gasteiger partial charge in [-0.2, -0.15) is 0 Å². The van der Waals surface area contributed by atoms with Crippen molar-refractivity contribution in [1.29, 1.82) is 0 Å². The van der Waals surface area contributed by atoms with Crippen molar-refractivity contribution in [3.63, 3.8) is 0 Å². The monoisotopic (exact) mass is 452 g/mol. The number of halogens is 5. The second kappa shape index (κ2) is 6.55. The lowest BCUT2D eigenvalue weighted by Crippen LogP contribution is -2.21. The van der Waals surface area contributed by atoms with Crippen LogP contribution < -0.4 is 0 Å². The quantitative estimate of drug-likeness (QED) is 0.314. The van der Waals surface area contributed by atoms with E-state index >= 15 is 0 Å². The minimum Gasteiger partial charge on any atom is -0.351 e. The highest BCUT2D eigenvalue weighted by atomic mass is 79.9. The van der Waals surface area contributed by atoms with E-state index in [-0.39, 0.29) is 5.78 Å². The van der Waals surface area contributed by atoms with Crippen molar-refractivity contribution < 1.29 is 9.53 Å². The Labute approximate surface area is 161 Å². The van der Waals surface area contributed by atoms with Gasteiger partial charge in [0, 0.05) is 31.5 Å². The fourth-order valence-electron chi connectivity index (χ4n) is 2.48. The summed E-state index contributed by atoms with van der Waals surface area (Å²) in [6.45, 7) is 0. The number of hydrogen-bond acceptors (Lipinski definition) is 2. The zero-order valence-electron chi connectivity index (χ0n) is 11.5. The summed E-state index contributed by atoms with van der Waals surface area (Å²) in [5.41, 5.74) is 0.264. The van der Waals surface area contributed by atoms with Crippen molar-refractivity contribution in [3.05, 3.63) is 67.6 Å². The van der Waals surface area contributed by atoms with Gasteiger partial charge in [0.2, 0.25) is 0 Å². The summed E-state index contributed by atoms with van der Waals surface area (Å²) < 4.78 is 5.75. The van der Waals surface area contributed by atoms with Crippen molar-refractivity contribution in [2.75, 3.05) is 5.33 Å². The first-order valence-electron chi connectivity index (χ1n) is 6.57. The third-order valence-electron chi connectivity index (χ3n) is 3.71. The summed E-state index contributed by atoms with van der Waals surface area (Å²) in [5.74, 6) is -0.211. The van der Waals surface area contributed by atoms with Crippen LogP contribution in [0.3, 0.4) is 0 Å². The normalized spacial score (nSPS) is 22.9. The Hall–Kier alpha value is -0.290. The average Bonchev–Trinajstić information content (AvgIpc) is 3.22. The lowest BCUT2D eigenvalue weighted by Gasteiger charge is -2.12. The number of alkyl halides is 1. The van der Waals surface area contributed by atoms with Crippen molar-refractivity contribution in [1.82, 2.24) is 0 Å². The first kappa shape index (κ1) is 17.5. The maximum absolute atomic E-state index is 12.7. The van der Waals surface area contributed by atoms with Gasteiger partial charge < -0.3 is 4.74 Å². The molecule has 1 heterocycles. The van der Waals surface area contributed by atoms with E-state index in [4.69, 9.17) is 51.1 Å². The van der Waals surface area contributed by atoms with Gasteiger partial charge in [-0.05, 0) is 30.3 Å². The molecule has 23 heavy (non-hydrogen) atoms. The molecule has 1 saturated heterocycles. The lowest BCUT2D eigenvalue weighted by atomic mass is 9.93. The molecule has 2 aromatic rings. The number of benzene rings is 2. The Morgan fingerprint density at radius 2 is 1.65 bits per heavy atom. The Kier molecular flexibility index (Phi) is 4.99. The van der Waals surface area contributed by atoms with E-state index in [1.807, 2.05) is 0 Å². The predicted octanol–water partition coefficient (Wildman–Crippen LogP) is 6.17. The molecular weight excluding hydrogens is 446 g/mol. The standard InChI is InChI=1S/C16H9BrCl4O2/c17-7-16(11-4-2-9(19)6-13(11)21)15(23-16)14(22)10-3-1-8(18)5-12(10)20/h1-6,15H,7H2/t15-,16+/m0/s1. The first-order valence-corrected chi connectivity index (χ1v) is 9.21. The Bertz CT molecular complexity index is 796. The topological polar surface area (TPSA) is 29.6 Å². The molecule has 2 aromatic carbocycles. The summed E-state index contributed by atoms with van der Waals surface area (Å²) in [7, 11) is 0. The maximum Gasteiger partial charge on any atom is 0.196 e. The van der Waals surface area contributed by atoms with Crippen LogP contribution in [0.25, 0.3) is 0 Å². The van der Waals surface area contributed by atoms with E-state index in [0.717, 1.165) is 0 Å². The van der Waals surface area contributed by atoms with Crippen LogP contribution in [0.15, 0.2) is 36.4 Å². The van der Waals surface area contributed by atoms with Crippen LogP contribution in [0.2, 0.25) is 20.1 Å². The minimum absolute atomic E-state index is 0.211. The molecule has 120 valence electrons. The van der Waals surface area contributed by atoms with Gasteiger partial charge in [-0.1, -0.05) is 68.4 Å². The summed E-state index contributed by atoms with van der Waals surface area (Å²) in [6, 6.07) is 9.85. The molecule has 0 bridgehead atoms. The van der Waals surface area contributed by atoms with Gasteiger partial charge in [0.1, 0.15) is 5.60 Å². The third-order valence-corrected chi connectivity index (χ3v) is 5.64. The number of ether oxygens (including phenoxy) is 1. The van der Waals surface area contributed by atoms with Gasteiger partial charge in [0.25, 0.3) is 0 Å². The van der Waals surface area contributed by atoms with Gasteiger partial charge in [0.15, 0.2) is 11.9 Å². The second-order valence-electron chi connectivity index (χ2n) is 5.13. The molecule has 1 fully saturated rings. The zero-order valence-corrected chi connectivity index (χ0v) is 16.1. The van der Waals surface area contributed by atoms with Gasteiger partial charge in [-0.25, -0.2) is 0 Å². The predicted molar refractivity (Wildman–Crippen MR) is 97.6 cm³/mol. The molecule has 0 unspecified atom stereocenters. The molecule has 0 spiro atoms. The van der Waals surface area contributed by atoms with Crippen molar-refractivity contribution in [3.8, 4) is 0 Å². The summed E-state index contributed by atoms with van der Waals surface area (Å²) >= 11 is 27.6. The summed E-state index contributed by atoms with van der Waals surface area (Å²) in [4.78, 5) is 12.7. The number of Topliss-reactive ketones (excluding diaryl/α,β-unsaturated/α-hetero) is 1. The van der Waals surface area contributed by atoms with Crippen molar-refractivity contribution in [2.24, 2.45) is 0 Å². The van der Waals surface area contributed by atoms with E-state index in [1.54, 1.807) is 30.3 Å². The number of hydrogen-bond donors (Lipinski definition) is 0. The maximum atomic E-state index is 12.7. The highest BCUT2D eigenvalue weighted by molar-refractivity contribution is 9.09. The molecule has 2 nitrogen and oxygen atoms in total. The van der Waals surface area contributed by atoms with Gasteiger partial charge in [0.05, 0.1) is 5.02 Å². The number of epoxide rings is 1. The molecule has 0 saturated carbocycles. The molecule has 0 N–H and O–H groups in total. The molecule has 1 aliphatic heterocycles. The fourth-order valence-corrected chi connectivity index (χ4v) is 4.28. The van der Waals surface area contributed by atoms with Crippen molar-refractivity contribution >= 4 is 68.1 Å². The van der Waals surface area contributed by atoms with E-state index in [2.05, 4.69) is 15.9 Å². The molecular formula is C16H9BrCl4O2. The fraction of sp³-hybridized carbons (Fsp3) is 0.188.